The van der Waals surface area contributed by atoms with Crippen LogP contribution in [0.2, 0.25) is 0 Å². The highest BCUT2D eigenvalue weighted by Gasteiger charge is 2.15. The summed E-state index contributed by atoms with van der Waals surface area (Å²) >= 11 is -0.256. The Morgan fingerprint density at radius 1 is 1.00 bits per heavy atom. The number of methoxy groups -OCH3 is 1. The van der Waals surface area contributed by atoms with Crippen molar-refractivity contribution in [2.45, 2.75) is 11.8 Å². The molecule has 3 aromatic rings. The second kappa shape index (κ2) is 10.8. The van der Waals surface area contributed by atoms with Gasteiger partial charge in [0, 0.05) is 16.7 Å². The van der Waals surface area contributed by atoms with Crippen LogP contribution in [0.15, 0.2) is 82.8 Å². The van der Waals surface area contributed by atoms with Gasteiger partial charge in [-0.3, -0.25) is 0 Å². The van der Waals surface area contributed by atoms with E-state index in [2.05, 4.69) is 28.2 Å². The Kier molecular flexibility index (Phi) is 8.47. The van der Waals surface area contributed by atoms with Gasteiger partial charge in [0.05, 0.1) is 12.0 Å². The van der Waals surface area contributed by atoms with Crippen LogP contribution in [-0.2, 0) is 10.1 Å². The normalized spacial score (nSPS) is 10.3. The summed E-state index contributed by atoms with van der Waals surface area (Å²) in [6.07, 6.45) is 0. The second-order valence-electron chi connectivity index (χ2n) is 5.69. The van der Waals surface area contributed by atoms with Gasteiger partial charge in [0.1, 0.15) is 15.9 Å². The van der Waals surface area contributed by atoms with Gasteiger partial charge < -0.3 is 9.29 Å². The Morgan fingerprint density at radius 2 is 1.66 bits per heavy atom. The molecule has 3 aromatic carbocycles. The van der Waals surface area contributed by atoms with Gasteiger partial charge in [-0.05, 0) is 54.9 Å². The van der Waals surface area contributed by atoms with E-state index in [0.717, 1.165) is 11.3 Å². The van der Waals surface area contributed by atoms with Crippen molar-refractivity contribution in [2.24, 2.45) is 5.11 Å². The molecule has 0 N–H and O–H groups in total. The molecule has 0 aromatic heterocycles. The van der Waals surface area contributed by atoms with Crippen molar-refractivity contribution in [2.75, 3.05) is 7.11 Å². The van der Waals surface area contributed by atoms with E-state index >= 15 is 0 Å². The van der Waals surface area contributed by atoms with Crippen LogP contribution in [0.4, 0.5) is 5.69 Å². The summed E-state index contributed by atoms with van der Waals surface area (Å²) in [5.41, 5.74) is 10.0. The van der Waals surface area contributed by atoms with Crippen LogP contribution in [0.1, 0.15) is 5.56 Å². The minimum absolute atomic E-state index is 0.178. The van der Waals surface area contributed by atoms with Crippen molar-refractivity contribution in [3.05, 3.63) is 95.9 Å². The molecule has 0 bridgehead atoms. The Bertz CT molecular complexity index is 1100. The van der Waals surface area contributed by atoms with Crippen molar-refractivity contribution in [1.82, 2.24) is 0 Å². The van der Waals surface area contributed by atoms with Gasteiger partial charge in [-0.15, -0.1) is 0 Å². The fourth-order valence-electron chi connectivity index (χ4n) is 2.11. The summed E-state index contributed by atoms with van der Waals surface area (Å²) in [6, 6.07) is 21.6. The van der Waals surface area contributed by atoms with Gasteiger partial charge in [-0.1, -0.05) is 34.9 Å². The van der Waals surface area contributed by atoms with Crippen molar-refractivity contribution in [3.8, 4) is 5.75 Å². The fraction of sp³-hybridized carbons (Fsp3) is 0.100. The molecule has 0 aliphatic rings. The molecular formula is C20H18IN3O4S. The number of halogens is 1. The maximum atomic E-state index is 10.4. The third kappa shape index (κ3) is 7.74. The smallest absolute Gasteiger partial charge is 0.357 e. The van der Waals surface area contributed by atoms with Crippen LogP contribution in [-0.4, -0.2) is 20.1 Å². The Labute approximate surface area is 180 Å². The highest BCUT2D eigenvalue weighted by atomic mass is 127. The first-order chi connectivity index (χ1) is 13.8. The Morgan fingerprint density at radius 3 is 2.21 bits per heavy atom. The number of aryl methyl sites for hydroxylation is 1. The Balaban J connectivity index is 0.000000234. The first kappa shape index (κ1) is 22.7. The van der Waals surface area contributed by atoms with Gasteiger partial charge in [0.25, 0.3) is 0 Å². The summed E-state index contributed by atoms with van der Waals surface area (Å²) in [5, 5.41) is 3.61. The molecule has 0 amide bonds. The molecule has 0 saturated heterocycles. The first-order valence-corrected chi connectivity index (χ1v) is 11.8. The third-order valence-electron chi connectivity index (χ3n) is 3.55. The predicted molar refractivity (Wildman–Crippen MR) is 105 cm³/mol. The number of hydrogen-bond acceptors (Lipinski definition) is 5. The average molecular weight is 523 g/mol. The number of azide groups is 1. The lowest BCUT2D eigenvalue weighted by Crippen LogP contribution is -3.61. The molecule has 29 heavy (non-hydrogen) atoms. The van der Waals surface area contributed by atoms with Crippen LogP contribution >= 0.6 is 0 Å². The van der Waals surface area contributed by atoms with Crippen LogP contribution in [0.5, 0.6) is 5.75 Å². The molecule has 150 valence electrons. The van der Waals surface area contributed by atoms with Gasteiger partial charge in [0.15, 0.2) is 7.14 Å². The maximum absolute atomic E-state index is 10.4. The van der Waals surface area contributed by atoms with Gasteiger partial charge in [-0.2, -0.15) is 0 Å². The van der Waals surface area contributed by atoms with Crippen LogP contribution in [0.25, 0.3) is 10.4 Å². The zero-order chi connectivity index (χ0) is 21.3. The van der Waals surface area contributed by atoms with Crippen molar-refractivity contribution < 1.29 is 38.9 Å². The van der Waals surface area contributed by atoms with Gasteiger partial charge >= 0.3 is 21.2 Å². The molecule has 9 heteroatoms. The number of hydrogen-bond donors (Lipinski definition) is 0. The van der Waals surface area contributed by atoms with E-state index in [4.69, 9.17) is 10.3 Å². The van der Waals surface area contributed by atoms with Gasteiger partial charge in [-0.25, -0.2) is 8.42 Å². The predicted octanol–water partition coefficient (Wildman–Crippen LogP) is 1.66. The largest absolute Gasteiger partial charge is 0.744 e. The third-order valence-corrected chi connectivity index (χ3v) is 7.03. The average Bonchev–Trinajstić information content (AvgIpc) is 2.69. The zero-order valence-electron chi connectivity index (χ0n) is 15.7. The molecule has 0 saturated carbocycles. The quantitative estimate of drug-likeness (QED) is 0.166. The maximum Gasteiger partial charge on any atom is 0.357 e. The molecule has 0 fully saturated rings. The first-order valence-electron chi connectivity index (χ1n) is 8.28. The zero-order valence-corrected chi connectivity index (χ0v) is 18.7. The number of rotatable bonds is 5. The monoisotopic (exact) mass is 523 g/mol. The highest BCUT2D eigenvalue weighted by Crippen LogP contribution is 2.10. The highest BCUT2D eigenvalue weighted by molar-refractivity contribution is 7.85. The number of nitrogens with zero attached hydrogens (tertiary/aromatic N) is 3. The fourth-order valence-corrected chi connectivity index (χ4v) is 4.88. The molecule has 0 spiro atoms. The lowest BCUT2D eigenvalue weighted by Gasteiger charge is -2.05. The van der Waals surface area contributed by atoms with Crippen molar-refractivity contribution in [3.63, 3.8) is 0 Å². The van der Waals surface area contributed by atoms with E-state index in [1.807, 2.05) is 31.2 Å². The van der Waals surface area contributed by atoms with E-state index in [0.29, 0.717) is 5.69 Å². The minimum atomic E-state index is -4.27. The molecular weight excluding hydrogens is 505 g/mol. The van der Waals surface area contributed by atoms with E-state index < -0.39 is 10.1 Å². The molecule has 3 rings (SSSR count). The molecule has 0 atom stereocenters. The number of ether oxygens (including phenoxy) is 1. The molecule has 0 aliphatic carbocycles. The lowest BCUT2D eigenvalue weighted by molar-refractivity contribution is -0.597. The summed E-state index contributed by atoms with van der Waals surface area (Å²) in [5.74, 6) is 0.866. The van der Waals surface area contributed by atoms with Crippen LogP contribution < -0.4 is 25.9 Å². The molecule has 0 radical (unpaired) electrons. The topological polar surface area (TPSA) is 115 Å². The van der Waals surface area contributed by atoms with Gasteiger partial charge in [0.2, 0.25) is 0 Å². The summed E-state index contributed by atoms with van der Waals surface area (Å²) in [6.45, 7) is 1.82. The van der Waals surface area contributed by atoms with E-state index in [-0.39, 0.29) is 26.1 Å². The number of benzene rings is 3. The summed E-state index contributed by atoms with van der Waals surface area (Å²) in [4.78, 5) is 2.62. The minimum Gasteiger partial charge on any atom is -0.744 e. The lowest BCUT2D eigenvalue weighted by atomic mass is 10.2. The molecule has 0 aliphatic heterocycles. The van der Waals surface area contributed by atoms with Crippen LogP contribution in [0, 0.1) is 14.1 Å². The molecule has 7 nitrogen and oxygen atoms in total. The van der Waals surface area contributed by atoms with E-state index in [1.54, 1.807) is 25.3 Å². The standard InChI is InChI=1S/C13H11IN3O.C7H8O3S/c1-18-13-7-5-10(6-8-13)14-11-3-2-4-12(9-11)16-17-15;1-6-2-4-7(5-3-6)11(8,9)10/h2-9H,1H3;2-5H,1H3,(H,8,9,10)/q+1;/p-1. The molecule has 0 unspecified atom stereocenters. The summed E-state index contributed by atoms with van der Waals surface area (Å²) in [7, 11) is -2.61. The van der Waals surface area contributed by atoms with E-state index in [9.17, 15) is 13.0 Å². The SMILES string of the molecule is COc1ccc([I+]c2cccc(N=[N+]=[N-])c2)cc1.Cc1ccc(S(=O)(=O)[O-])cc1. The Hall–Kier alpha value is -2.59. The second-order valence-corrected chi connectivity index (χ2v) is 10.1. The van der Waals surface area contributed by atoms with E-state index in [1.165, 1.54) is 19.3 Å². The molecule has 0 heterocycles. The van der Waals surface area contributed by atoms with Crippen molar-refractivity contribution >= 4 is 15.8 Å². The summed E-state index contributed by atoms with van der Waals surface area (Å²) < 4.78 is 38.8. The van der Waals surface area contributed by atoms with Crippen LogP contribution in [0.3, 0.4) is 0 Å². The van der Waals surface area contributed by atoms with Crippen molar-refractivity contribution in [1.29, 1.82) is 0 Å².